The average molecular weight is 444 g/mol. The van der Waals surface area contributed by atoms with E-state index in [4.69, 9.17) is 5.73 Å². The van der Waals surface area contributed by atoms with Crippen LogP contribution in [-0.4, -0.2) is 42.5 Å². The summed E-state index contributed by atoms with van der Waals surface area (Å²) in [5.41, 5.74) is 7.78. The summed E-state index contributed by atoms with van der Waals surface area (Å²) in [6.07, 6.45) is 4.83. The Morgan fingerprint density at radius 2 is 2.00 bits per heavy atom. The van der Waals surface area contributed by atoms with Crippen molar-refractivity contribution in [1.82, 2.24) is 25.0 Å². The molecule has 1 fully saturated rings. The lowest BCUT2D eigenvalue weighted by Crippen LogP contribution is -2.20. The topological polar surface area (TPSA) is 144 Å². The van der Waals surface area contributed by atoms with Crippen LogP contribution in [0.2, 0.25) is 0 Å². The van der Waals surface area contributed by atoms with Crippen molar-refractivity contribution >= 4 is 34.3 Å². The van der Waals surface area contributed by atoms with Gasteiger partial charge in [-0.1, -0.05) is 30.3 Å². The zero-order chi connectivity index (χ0) is 22.8. The molecule has 33 heavy (non-hydrogen) atoms. The molecule has 0 aliphatic heterocycles. The van der Waals surface area contributed by atoms with Gasteiger partial charge in [-0.2, -0.15) is 10.1 Å². The third kappa shape index (κ3) is 4.46. The van der Waals surface area contributed by atoms with Crippen molar-refractivity contribution in [1.29, 1.82) is 0 Å². The molecule has 168 valence electrons. The number of aliphatic hydroxyl groups is 1. The summed E-state index contributed by atoms with van der Waals surface area (Å²) in [6, 6.07) is 15.4. The summed E-state index contributed by atoms with van der Waals surface area (Å²) in [5, 5.41) is 29.9. The first kappa shape index (κ1) is 20.8. The van der Waals surface area contributed by atoms with E-state index in [1.165, 1.54) is 6.42 Å². The predicted molar refractivity (Wildman–Crippen MR) is 124 cm³/mol. The lowest BCUT2D eigenvalue weighted by Gasteiger charge is -2.25. The Bertz CT molecular complexity index is 1290. The van der Waals surface area contributed by atoms with Crippen LogP contribution in [0.3, 0.4) is 0 Å². The number of aliphatic hydroxyl groups excluding tert-OH is 1. The average Bonchev–Trinajstić information content (AvgIpc) is 3.19. The van der Waals surface area contributed by atoms with Crippen molar-refractivity contribution in [2.24, 2.45) is 5.73 Å². The molecule has 1 unspecified atom stereocenters. The molecule has 0 radical (unpaired) electrons. The number of primary amides is 1. The maximum Gasteiger partial charge on any atom is 0.273 e. The molecule has 10 heteroatoms. The molecule has 1 saturated carbocycles. The van der Waals surface area contributed by atoms with Gasteiger partial charge >= 0.3 is 0 Å². The Labute approximate surface area is 189 Å². The van der Waals surface area contributed by atoms with E-state index < -0.39 is 12.0 Å². The van der Waals surface area contributed by atoms with Gasteiger partial charge in [0.2, 0.25) is 5.95 Å². The number of carbonyl (C=O) groups excluding carboxylic acids is 1. The van der Waals surface area contributed by atoms with Gasteiger partial charge in [0.25, 0.3) is 5.91 Å². The molecule has 2 aromatic carbocycles. The molecule has 0 spiro atoms. The lowest BCUT2D eigenvalue weighted by atomic mass is 9.93. The highest BCUT2D eigenvalue weighted by molar-refractivity contribution is 5.96. The molecule has 5 rings (SSSR count). The number of fused-ring (bicyclic) bond motifs is 1. The van der Waals surface area contributed by atoms with E-state index in [2.05, 4.69) is 30.9 Å². The van der Waals surface area contributed by atoms with E-state index in [0.717, 1.165) is 29.3 Å². The zero-order valence-corrected chi connectivity index (χ0v) is 17.8. The van der Waals surface area contributed by atoms with E-state index in [1.807, 2.05) is 59.4 Å². The van der Waals surface area contributed by atoms with Crippen molar-refractivity contribution in [3.63, 3.8) is 0 Å². The number of hydrogen-bond donors (Lipinski definition) is 4. The minimum atomic E-state index is -0.753. The zero-order valence-electron chi connectivity index (χ0n) is 17.8. The van der Waals surface area contributed by atoms with E-state index in [1.54, 1.807) is 0 Å². The van der Waals surface area contributed by atoms with Crippen LogP contribution in [0.15, 0.2) is 54.7 Å². The maximum atomic E-state index is 11.9. The summed E-state index contributed by atoms with van der Waals surface area (Å²) in [4.78, 5) is 16.2. The number of nitrogens with zero attached hydrogens (tertiary/aromatic N) is 5. The van der Waals surface area contributed by atoms with Crippen LogP contribution in [0.5, 0.6) is 0 Å². The van der Waals surface area contributed by atoms with Gasteiger partial charge in [-0.15, -0.1) is 10.2 Å². The van der Waals surface area contributed by atoms with Crippen LogP contribution < -0.4 is 16.4 Å². The fraction of sp³-hybridized carbons (Fsp3) is 0.261. The largest absolute Gasteiger partial charge is 0.387 e. The number of anilines is 3. The van der Waals surface area contributed by atoms with Crippen LogP contribution in [-0.2, 0) is 0 Å². The minimum Gasteiger partial charge on any atom is -0.387 e. The van der Waals surface area contributed by atoms with Gasteiger partial charge in [0, 0.05) is 23.8 Å². The molecule has 4 aromatic rings. The number of benzene rings is 2. The first-order valence-corrected chi connectivity index (χ1v) is 10.8. The second-order valence-corrected chi connectivity index (χ2v) is 8.10. The molecule has 1 aliphatic carbocycles. The van der Waals surface area contributed by atoms with Crippen molar-refractivity contribution in [3.05, 3.63) is 66.0 Å². The molecule has 10 nitrogen and oxygen atoms in total. The standard InChI is InChI=1S/C23H24N8O2/c24-21(33)20-22(27-23(29-28-20)25-12-19(32)14-5-2-1-3-6-14)26-16-9-10-18-15(11-16)13-31(30-18)17-7-4-8-17/h1-3,5-6,9-11,13,17,19,32H,4,7-8,12H2,(H2,24,33)(H2,25,26,27,29). The van der Waals surface area contributed by atoms with E-state index in [-0.39, 0.29) is 24.0 Å². The fourth-order valence-electron chi connectivity index (χ4n) is 3.73. The summed E-state index contributed by atoms with van der Waals surface area (Å²) in [6.45, 7) is 0.174. The van der Waals surface area contributed by atoms with E-state index in [9.17, 15) is 9.90 Å². The SMILES string of the molecule is NC(=O)c1nnc(NCC(O)c2ccccc2)nc1Nc1ccc2nn(C3CCC3)cc2c1. The van der Waals surface area contributed by atoms with Crippen LogP contribution in [0.4, 0.5) is 17.5 Å². The van der Waals surface area contributed by atoms with Crippen molar-refractivity contribution in [2.45, 2.75) is 31.4 Å². The van der Waals surface area contributed by atoms with Crippen LogP contribution in [0.25, 0.3) is 10.9 Å². The van der Waals surface area contributed by atoms with Gasteiger partial charge in [-0.3, -0.25) is 9.48 Å². The van der Waals surface area contributed by atoms with Crippen molar-refractivity contribution in [2.75, 3.05) is 17.2 Å². The van der Waals surface area contributed by atoms with Crippen LogP contribution in [0.1, 0.15) is 47.5 Å². The molecular weight excluding hydrogens is 420 g/mol. The van der Waals surface area contributed by atoms with Crippen molar-refractivity contribution in [3.8, 4) is 0 Å². The molecule has 2 heterocycles. The minimum absolute atomic E-state index is 0.0746. The summed E-state index contributed by atoms with van der Waals surface area (Å²) < 4.78 is 2.03. The maximum absolute atomic E-state index is 11.9. The van der Waals surface area contributed by atoms with E-state index in [0.29, 0.717) is 11.7 Å². The molecule has 0 saturated heterocycles. The second kappa shape index (κ2) is 8.83. The quantitative estimate of drug-likeness (QED) is 0.325. The third-order valence-electron chi connectivity index (χ3n) is 5.79. The normalized spacial score (nSPS) is 14.6. The Hall–Kier alpha value is -4.05. The predicted octanol–water partition coefficient (Wildman–Crippen LogP) is 2.93. The Morgan fingerprint density at radius 3 is 2.73 bits per heavy atom. The number of amides is 1. The number of nitrogens with two attached hydrogens (primary N) is 1. The van der Waals surface area contributed by atoms with Gasteiger partial charge in [0.1, 0.15) is 0 Å². The Kier molecular flexibility index (Phi) is 5.57. The van der Waals surface area contributed by atoms with Gasteiger partial charge in [0.05, 0.1) is 17.7 Å². The van der Waals surface area contributed by atoms with E-state index >= 15 is 0 Å². The molecule has 5 N–H and O–H groups in total. The number of carbonyl (C=O) groups is 1. The highest BCUT2D eigenvalue weighted by Gasteiger charge is 2.21. The smallest absolute Gasteiger partial charge is 0.273 e. The number of aromatic nitrogens is 5. The monoisotopic (exact) mass is 444 g/mol. The first-order valence-electron chi connectivity index (χ1n) is 10.8. The second-order valence-electron chi connectivity index (χ2n) is 8.10. The summed E-state index contributed by atoms with van der Waals surface area (Å²) in [5.74, 6) is -0.399. The molecular formula is C23H24N8O2. The Morgan fingerprint density at radius 1 is 1.18 bits per heavy atom. The van der Waals surface area contributed by atoms with Gasteiger partial charge in [-0.05, 0) is 43.0 Å². The van der Waals surface area contributed by atoms with Crippen molar-refractivity contribution < 1.29 is 9.90 Å². The summed E-state index contributed by atoms with van der Waals surface area (Å²) >= 11 is 0. The van der Waals surface area contributed by atoms with Crippen LogP contribution >= 0.6 is 0 Å². The molecule has 1 atom stereocenters. The highest BCUT2D eigenvalue weighted by atomic mass is 16.3. The molecule has 0 bridgehead atoms. The number of hydrogen-bond acceptors (Lipinski definition) is 8. The molecule has 1 amide bonds. The lowest BCUT2D eigenvalue weighted by molar-refractivity contribution is 0.0995. The van der Waals surface area contributed by atoms with Gasteiger partial charge in [-0.25, -0.2) is 0 Å². The highest BCUT2D eigenvalue weighted by Crippen LogP contribution is 2.32. The third-order valence-corrected chi connectivity index (χ3v) is 5.79. The van der Waals surface area contributed by atoms with Gasteiger partial charge in [0.15, 0.2) is 11.5 Å². The molecule has 2 aromatic heterocycles. The fourth-order valence-corrected chi connectivity index (χ4v) is 3.73. The molecule has 1 aliphatic rings. The number of rotatable bonds is 8. The van der Waals surface area contributed by atoms with Crippen LogP contribution in [0, 0.1) is 0 Å². The number of nitrogens with one attached hydrogen (secondary N) is 2. The van der Waals surface area contributed by atoms with Gasteiger partial charge < -0.3 is 21.5 Å². The summed E-state index contributed by atoms with van der Waals surface area (Å²) in [7, 11) is 0. The first-order chi connectivity index (χ1) is 16.1. The Balaban J connectivity index is 1.35.